The molecule has 0 aromatic heterocycles. The molecule has 1 atom stereocenters. The molecule has 0 aromatic carbocycles. The van der Waals surface area contributed by atoms with Gasteiger partial charge in [-0.05, 0) is 25.7 Å². The number of hydrogen-bond donors (Lipinski definition) is 2. The van der Waals surface area contributed by atoms with Crippen LogP contribution in [0.4, 0.5) is 0 Å². The predicted octanol–water partition coefficient (Wildman–Crippen LogP) is 0.173. The fourth-order valence-corrected chi connectivity index (χ4v) is 2.25. The predicted molar refractivity (Wildman–Crippen MR) is 72.9 cm³/mol. The van der Waals surface area contributed by atoms with Crippen LogP contribution < -0.4 is 11.1 Å². The van der Waals surface area contributed by atoms with Crippen LogP contribution in [0, 0.1) is 18.3 Å². The second kappa shape index (κ2) is 7.59. The van der Waals surface area contributed by atoms with Crippen molar-refractivity contribution >= 4 is 11.9 Å². The van der Waals surface area contributed by atoms with Crippen molar-refractivity contribution in [3.63, 3.8) is 0 Å². The van der Waals surface area contributed by atoms with Gasteiger partial charge in [-0.2, -0.15) is 0 Å². The Bertz CT molecular complexity index is 345. The zero-order chi connectivity index (χ0) is 13.4. The minimum absolute atomic E-state index is 0.229. The molecule has 100 valence electrons. The molecule has 0 aromatic rings. The van der Waals surface area contributed by atoms with Gasteiger partial charge >= 0.3 is 0 Å². The summed E-state index contributed by atoms with van der Waals surface area (Å²) < 4.78 is 0. The normalized spacial score (nSPS) is 20.3. The number of carbonyl (C=O) groups is 1. The summed E-state index contributed by atoms with van der Waals surface area (Å²) in [4.78, 5) is 17.5. The summed E-state index contributed by atoms with van der Waals surface area (Å²) in [5, 5.41) is 3.23. The molecule has 5 nitrogen and oxygen atoms in total. The average Bonchev–Trinajstić information content (AvgIpc) is 2.34. The van der Waals surface area contributed by atoms with Crippen molar-refractivity contribution in [2.45, 2.75) is 26.2 Å². The van der Waals surface area contributed by atoms with Crippen LogP contribution in [-0.4, -0.2) is 42.9 Å². The van der Waals surface area contributed by atoms with Crippen molar-refractivity contribution in [2.75, 3.05) is 26.2 Å². The largest absolute Gasteiger partial charge is 0.370 e. The van der Waals surface area contributed by atoms with Gasteiger partial charge in [0.25, 0.3) is 0 Å². The van der Waals surface area contributed by atoms with Gasteiger partial charge in [0.1, 0.15) is 6.54 Å². The summed E-state index contributed by atoms with van der Waals surface area (Å²) in [7, 11) is 0. The van der Waals surface area contributed by atoms with Gasteiger partial charge in [-0.3, -0.25) is 4.79 Å². The number of nitrogens with one attached hydrogen (secondary N) is 1. The number of piperidine rings is 1. The zero-order valence-electron chi connectivity index (χ0n) is 11.0. The fourth-order valence-electron chi connectivity index (χ4n) is 2.25. The van der Waals surface area contributed by atoms with Gasteiger partial charge < -0.3 is 16.0 Å². The number of carbonyl (C=O) groups excluding carboxylic acids is 1. The van der Waals surface area contributed by atoms with Gasteiger partial charge in [-0.1, -0.05) is 5.92 Å². The van der Waals surface area contributed by atoms with Gasteiger partial charge in [0.15, 0.2) is 5.96 Å². The van der Waals surface area contributed by atoms with E-state index < -0.39 is 0 Å². The van der Waals surface area contributed by atoms with Crippen molar-refractivity contribution in [1.29, 1.82) is 0 Å². The number of nitrogens with two attached hydrogens (primary N) is 1. The van der Waals surface area contributed by atoms with Crippen molar-refractivity contribution in [1.82, 2.24) is 10.2 Å². The van der Waals surface area contributed by atoms with E-state index in [1.807, 2.05) is 6.92 Å². The molecule has 1 saturated heterocycles. The number of nitrogens with zero attached hydrogens (tertiary/aromatic N) is 2. The van der Waals surface area contributed by atoms with Crippen molar-refractivity contribution in [3.05, 3.63) is 0 Å². The van der Waals surface area contributed by atoms with E-state index in [1.54, 1.807) is 0 Å². The van der Waals surface area contributed by atoms with Gasteiger partial charge in [-0.15, -0.1) is 6.42 Å². The Labute approximate surface area is 109 Å². The third-order valence-corrected chi connectivity index (χ3v) is 2.96. The van der Waals surface area contributed by atoms with Crippen molar-refractivity contribution in [2.24, 2.45) is 16.6 Å². The number of aliphatic imine (C=N–C) groups is 1. The molecule has 1 rings (SSSR count). The van der Waals surface area contributed by atoms with Crippen LogP contribution in [0.2, 0.25) is 0 Å². The monoisotopic (exact) mass is 250 g/mol. The van der Waals surface area contributed by atoms with Crippen LogP contribution in [0.1, 0.15) is 26.2 Å². The smallest absolute Gasteiger partial charge is 0.217 e. The van der Waals surface area contributed by atoms with Crippen molar-refractivity contribution < 1.29 is 4.79 Å². The molecule has 1 unspecified atom stereocenters. The van der Waals surface area contributed by atoms with E-state index >= 15 is 0 Å². The number of guanidine groups is 1. The third-order valence-electron chi connectivity index (χ3n) is 2.96. The van der Waals surface area contributed by atoms with Crippen LogP contribution in [-0.2, 0) is 4.79 Å². The second-order valence-corrected chi connectivity index (χ2v) is 4.50. The number of likely N-dealkylation sites (tertiary alicyclic amines) is 1. The molecule has 0 saturated carbocycles. The average molecular weight is 250 g/mol. The summed E-state index contributed by atoms with van der Waals surface area (Å²) in [6.45, 7) is 4.97. The summed E-state index contributed by atoms with van der Waals surface area (Å²) in [5.74, 6) is 3.44. The van der Waals surface area contributed by atoms with Crippen LogP contribution in [0.3, 0.4) is 0 Å². The summed E-state index contributed by atoms with van der Waals surface area (Å²) in [6.07, 6.45) is 7.78. The maximum absolute atomic E-state index is 11.0. The molecule has 5 heteroatoms. The highest BCUT2D eigenvalue weighted by Crippen LogP contribution is 2.19. The number of amides is 1. The molecule has 1 aliphatic rings. The topological polar surface area (TPSA) is 70.7 Å². The Morgan fingerprint density at radius 3 is 3.06 bits per heavy atom. The molecule has 1 aliphatic heterocycles. The number of terminal acetylenes is 1. The van der Waals surface area contributed by atoms with Gasteiger partial charge in [0.2, 0.25) is 5.91 Å². The highest BCUT2D eigenvalue weighted by molar-refractivity contribution is 5.80. The molecule has 1 amide bonds. The maximum Gasteiger partial charge on any atom is 0.217 e. The Morgan fingerprint density at radius 1 is 1.67 bits per heavy atom. The lowest BCUT2D eigenvalue weighted by molar-refractivity contribution is -0.119. The zero-order valence-corrected chi connectivity index (χ0v) is 11.0. The first-order chi connectivity index (χ1) is 8.67. The molecule has 0 bridgehead atoms. The molecule has 18 heavy (non-hydrogen) atoms. The molecule has 0 radical (unpaired) electrons. The minimum Gasteiger partial charge on any atom is -0.370 e. The molecule has 3 N–H and O–H groups in total. The van der Waals surface area contributed by atoms with E-state index in [0.717, 1.165) is 38.4 Å². The number of rotatable bonds is 4. The first-order valence-corrected chi connectivity index (χ1v) is 6.42. The third kappa shape index (κ3) is 4.66. The highest BCUT2D eigenvalue weighted by Gasteiger charge is 2.23. The Hall–Kier alpha value is -1.70. The van der Waals surface area contributed by atoms with Crippen LogP contribution in [0.25, 0.3) is 0 Å². The lowest BCUT2D eigenvalue weighted by Crippen LogP contribution is -2.47. The number of hydrogen-bond acceptors (Lipinski definition) is 2. The summed E-state index contributed by atoms with van der Waals surface area (Å²) in [6, 6.07) is 0. The Morgan fingerprint density at radius 2 is 2.44 bits per heavy atom. The molecule has 1 heterocycles. The lowest BCUT2D eigenvalue weighted by Gasteiger charge is -2.34. The lowest BCUT2D eigenvalue weighted by atomic mass is 9.95. The second-order valence-electron chi connectivity index (χ2n) is 4.50. The number of primary amides is 1. The quantitative estimate of drug-likeness (QED) is 0.424. The van der Waals surface area contributed by atoms with E-state index in [4.69, 9.17) is 12.2 Å². The summed E-state index contributed by atoms with van der Waals surface area (Å²) in [5.41, 5.74) is 5.25. The van der Waals surface area contributed by atoms with E-state index in [-0.39, 0.29) is 5.91 Å². The van der Waals surface area contributed by atoms with E-state index in [2.05, 4.69) is 21.1 Å². The molecular formula is C13H22N4O. The van der Waals surface area contributed by atoms with E-state index in [9.17, 15) is 4.79 Å². The molecule has 0 aliphatic carbocycles. The SMILES string of the molecule is C#CCN=C(NCC)N1CCCC(CC(N)=O)C1. The standard InChI is InChI=1S/C13H22N4O/c1-3-7-16-13(15-4-2)17-8-5-6-11(10-17)9-12(14)18/h1,11H,4-10H2,2H3,(H2,14,18)(H,15,16). The highest BCUT2D eigenvalue weighted by atomic mass is 16.1. The minimum atomic E-state index is -0.229. The molecular weight excluding hydrogens is 228 g/mol. The van der Waals surface area contributed by atoms with Gasteiger partial charge in [-0.25, -0.2) is 4.99 Å². The van der Waals surface area contributed by atoms with Crippen LogP contribution >= 0.6 is 0 Å². The van der Waals surface area contributed by atoms with Gasteiger partial charge in [0, 0.05) is 26.1 Å². The Kier molecular flexibility index (Phi) is 6.06. The fraction of sp³-hybridized carbons (Fsp3) is 0.692. The maximum atomic E-state index is 11.0. The van der Waals surface area contributed by atoms with E-state index in [0.29, 0.717) is 18.9 Å². The first kappa shape index (κ1) is 14.4. The molecule has 0 spiro atoms. The Balaban J connectivity index is 2.61. The summed E-state index contributed by atoms with van der Waals surface area (Å²) >= 11 is 0. The first-order valence-electron chi connectivity index (χ1n) is 6.42. The van der Waals surface area contributed by atoms with E-state index in [1.165, 1.54) is 0 Å². The van der Waals surface area contributed by atoms with Crippen LogP contribution in [0.5, 0.6) is 0 Å². The van der Waals surface area contributed by atoms with Crippen molar-refractivity contribution in [3.8, 4) is 12.3 Å². The molecule has 1 fully saturated rings. The van der Waals surface area contributed by atoms with Crippen LogP contribution in [0.15, 0.2) is 4.99 Å². The van der Waals surface area contributed by atoms with Gasteiger partial charge in [0.05, 0.1) is 0 Å².